The van der Waals surface area contributed by atoms with Gasteiger partial charge >= 0.3 is 0 Å². The van der Waals surface area contributed by atoms with Crippen molar-refractivity contribution >= 4 is 45.8 Å². The van der Waals surface area contributed by atoms with Crippen LogP contribution in [0.5, 0.6) is 0 Å². The highest BCUT2D eigenvalue weighted by atomic mass is 35.5. The molecule has 5 rings (SSSR count). The summed E-state index contributed by atoms with van der Waals surface area (Å²) in [6, 6.07) is 17.7. The Bertz CT molecular complexity index is 1330. The first-order valence-electron chi connectivity index (χ1n) is 10.9. The van der Waals surface area contributed by atoms with Gasteiger partial charge < -0.3 is 15.0 Å². The number of nitrogens with zero attached hydrogens (tertiary/aromatic N) is 3. The molecule has 2 N–H and O–H groups in total. The first-order valence-corrected chi connectivity index (χ1v) is 11.2. The van der Waals surface area contributed by atoms with E-state index in [0.717, 1.165) is 11.0 Å². The van der Waals surface area contributed by atoms with Crippen LogP contribution in [0.15, 0.2) is 73.1 Å². The zero-order valence-corrected chi connectivity index (χ0v) is 19.0. The van der Waals surface area contributed by atoms with Gasteiger partial charge in [-0.3, -0.25) is 9.59 Å². The third-order valence-electron chi connectivity index (χ3n) is 5.58. The number of aromatic nitrogens is 2. The Morgan fingerprint density at radius 1 is 1.06 bits per heavy atom. The van der Waals surface area contributed by atoms with Crippen LogP contribution in [0.4, 0.5) is 11.4 Å². The van der Waals surface area contributed by atoms with E-state index < -0.39 is 5.91 Å². The van der Waals surface area contributed by atoms with Crippen LogP contribution < -0.4 is 10.3 Å². The summed E-state index contributed by atoms with van der Waals surface area (Å²) in [5.41, 5.74) is 2.63. The maximum absolute atomic E-state index is 13.5. The molecule has 1 aliphatic heterocycles. The highest BCUT2D eigenvalue weighted by Crippen LogP contribution is 2.27. The predicted molar refractivity (Wildman–Crippen MR) is 131 cm³/mol. The second kappa shape index (κ2) is 9.64. The van der Waals surface area contributed by atoms with Crippen molar-refractivity contribution in [2.75, 3.05) is 36.6 Å². The van der Waals surface area contributed by atoms with Crippen LogP contribution in [0.3, 0.4) is 0 Å². The van der Waals surface area contributed by atoms with E-state index in [2.05, 4.69) is 15.3 Å². The number of rotatable bonds is 5. The summed E-state index contributed by atoms with van der Waals surface area (Å²) >= 11 is 6.40. The summed E-state index contributed by atoms with van der Waals surface area (Å²) < 4.78 is 5.47. The van der Waals surface area contributed by atoms with E-state index in [1.54, 1.807) is 47.7 Å². The summed E-state index contributed by atoms with van der Waals surface area (Å²) in [4.78, 5) is 34.0. The molecule has 0 aliphatic carbocycles. The number of carbonyl (C=O) groups excluding carboxylic acids is 2. The van der Waals surface area contributed by atoms with Crippen molar-refractivity contribution in [3.8, 4) is 0 Å². The number of H-pyrrole nitrogens is 1. The van der Waals surface area contributed by atoms with Crippen LogP contribution in [-0.4, -0.2) is 53.1 Å². The van der Waals surface area contributed by atoms with E-state index in [9.17, 15) is 9.59 Å². The molecule has 0 unspecified atom stereocenters. The SMILES string of the molecule is O=C(Nc1cnc2[nH]ccc2c1)c1cc(N(C(=O)c2ccccc2)N2CCOCC2)ccc1Cl. The lowest BCUT2D eigenvalue weighted by Crippen LogP contribution is -2.52. The third kappa shape index (κ3) is 4.51. The summed E-state index contributed by atoms with van der Waals surface area (Å²) in [5.74, 6) is -0.587. The molecule has 0 saturated carbocycles. The van der Waals surface area contributed by atoms with E-state index in [0.29, 0.717) is 43.2 Å². The maximum Gasteiger partial charge on any atom is 0.272 e. The largest absolute Gasteiger partial charge is 0.379 e. The van der Waals surface area contributed by atoms with E-state index in [1.807, 2.05) is 35.3 Å². The Morgan fingerprint density at radius 2 is 1.85 bits per heavy atom. The van der Waals surface area contributed by atoms with Gasteiger partial charge in [-0.2, -0.15) is 0 Å². The van der Waals surface area contributed by atoms with Crippen molar-refractivity contribution < 1.29 is 14.3 Å². The van der Waals surface area contributed by atoms with Crippen molar-refractivity contribution in [1.29, 1.82) is 0 Å². The molecule has 1 saturated heterocycles. The van der Waals surface area contributed by atoms with Crippen molar-refractivity contribution in [2.24, 2.45) is 0 Å². The predicted octanol–water partition coefficient (Wildman–Crippen LogP) is 4.36. The Hall–Kier alpha value is -3.72. The Labute approximate surface area is 201 Å². The molecule has 4 aromatic rings. The number of pyridine rings is 1. The van der Waals surface area contributed by atoms with Gasteiger partial charge in [0.05, 0.1) is 41.4 Å². The van der Waals surface area contributed by atoms with Crippen LogP contribution in [0.1, 0.15) is 20.7 Å². The minimum Gasteiger partial charge on any atom is -0.379 e. The lowest BCUT2D eigenvalue weighted by atomic mass is 10.1. The smallest absolute Gasteiger partial charge is 0.272 e. The minimum absolute atomic E-state index is 0.196. The highest BCUT2D eigenvalue weighted by molar-refractivity contribution is 6.34. The van der Waals surface area contributed by atoms with Crippen molar-refractivity contribution in [2.45, 2.75) is 0 Å². The van der Waals surface area contributed by atoms with Crippen LogP contribution in [0.25, 0.3) is 11.0 Å². The van der Waals surface area contributed by atoms with E-state index >= 15 is 0 Å². The van der Waals surface area contributed by atoms with Crippen LogP contribution in [0.2, 0.25) is 5.02 Å². The molecule has 2 aromatic heterocycles. The third-order valence-corrected chi connectivity index (χ3v) is 5.91. The first kappa shape index (κ1) is 22.1. The summed E-state index contributed by atoms with van der Waals surface area (Å²) in [7, 11) is 0. The number of nitrogens with one attached hydrogen (secondary N) is 2. The minimum atomic E-state index is -0.391. The van der Waals surface area contributed by atoms with Gasteiger partial charge in [0.25, 0.3) is 11.8 Å². The number of carbonyl (C=O) groups is 2. The number of hydrogen-bond donors (Lipinski definition) is 2. The monoisotopic (exact) mass is 475 g/mol. The number of fused-ring (bicyclic) bond motifs is 1. The normalized spacial score (nSPS) is 14.1. The summed E-state index contributed by atoms with van der Waals surface area (Å²) in [6.45, 7) is 2.11. The maximum atomic E-state index is 13.5. The zero-order valence-electron chi connectivity index (χ0n) is 18.2. The Kier molecular flexibility index (Phi) is 6.27. The molecular formula is C25H22ClN5O3. The molecular weight excluding hydrogens is 454 g/mol. The van der Waals surface area contributed by atoms with Gasteiger partial charge in [0.2, 0.25) is 0 Å². The molecule has 34 heavy (non-hydrogen) atoms. The fraction of sp³-hybridized carbons (Fsp3) is 0.160. The molecule has 9 heteroatoms. The van der Waals surface area contributed by atoms with E-state index in [1.165, 1.54) is 0 Å². The number of hydrogen-bond acceptors (Lipinski definition) is 5. The topological polar surface area (TPSA) is 90.6 Å². The zero-order chi connectivity index (χ0) is 23.5. The van der Waals surface area contributed by atoms with Crippen LogP contribution in [0, 0.1) is 0 Å². The second-order valence-corrected chi connectivity index (χ2v) is 8.21. The number of anilines is 2. The summed E-state index contributed by atoms with van der Waals surface area (Å²) in [6.07, 6.45) is 3.36. The lowest BCUT2D eigenvalue weighted by Gasteiger charge is -2.37. The molecule has 1 aliphatic rings. The molecule has 0 bridgehead atoms. The Morgan fingerprint density at radius 3 is 2.65 bits per heavy atom. The van der Waals surface area contributed by atoms with Crippen molar-refractivity contribution in [1.82, 2.24) is 15.0 Å². The molecule has 3 heterocycles. The fourth-order valence-electron chi connectivity index (χ4n) is 3.89. The fourth-order valence-corrected chi connectivity index (χ4v) is 4.09. The lowest BCUT2D eigenvalue weighted by molar-refractivity contribution is 0.0300. The molecule has 0 spiro atoms. The number of aromatic amines is 1. The average molecular weight is 476 g/mol. The van der Waals surface area contributed by atoms with Crippen LogP contribution >= 0.6 is 11.6 Å². The number of hydrazine groups is 1. The van der Waals surface area contributed by atoms with Gasteiger partial charge in [0.15, 0.2) is 0 Å². The van der Waals surface area contributed by atoms with E-state index in [4.69, 9.17) is 16.3 Å². The first-order chi connectivity index (χ1) is 16.6. The average Bonchev–Trinajstić information content (AvgIpc) is 3.34. The quantitative estimate of drug-likeness (QED) is 0.447. The van der Waals surface area contributed by atoms with Gasteiger partial charge in [-0.25, -0.2) is 15.0 Å². The molecule has 0 radical (unpaired) electrons. The van der Waals surface area contributed by atoms with Crippen molar-refractivity contribution in [3.63, 3.8) is 0 Å². The van der Waals surface area contributed by atoms with E-state index in [-0.39, 0.29) is 16.5 Å². The number of morpholine rings is 1. The molecule has 2 aromatic carbocycles. The van der Waals surface area contributed by atoms with Crippen molar-refractivity contribution in [3.05, 3.63) is 89.2 Å². The Balaban J connectivity index is 1.47. The molecule has 2 amide bonds. The van der Waals surface area contributed by atoms with Gasteiger partial charge in [-0.05, 0) is 42.5 Å². The standard InChI is InChI=1S/C25H22ClN5O3/c26-22-7-6-20(15-21(22)24(32)29-19-14-18-8-9-27-23(18)28-16-19)31(30-10-12-34-13-11-30)25(33)17-4-2-1-3-5-17/h1-9,14-16H,10-13H2,(H,27,28)(H,29,32). The molecule has 8 nitrogen and oxygen atoms in total. The molecule has 1 fully saturated rings. The number of benzene rings is 2. The highest BCUT2D eigenvalue weighted by Gasteiger charge is 2.27. The van der Waals surface area contributed by atoms with Gasteiger partial charge in [-0.1, -0.05) is 29.8 Å². The number of amides is 2. The van der Waals surface area contributed by atoms with Crippen LogP contribution in [-0.2, 0) is 4.74 Å². The number of halogens is 1. The van der Waals surface area contributed by atoms with Gasteiger partial charge in [-0.15, -0.1) is 0 Å². The molecule has 0 atom stereocenters. The summed E-state index contributed by atoms with van der Waals surface area (Å²) in [5, 5.41) is 7.53. The van der Waals surface area contributed by atoms with Gasteiger partial charge in [0.1, 0.15) is 5.65 Å². The second-order valence-electron chi connectivity index (χ2n) is 7.81. The molecule has 172 valence electrons. The number of ether oxygens (including phenoxy) is 1. The van der Waals surface area contributed by atoms with Gasteiger partial charge in [0, 0.05) is 30.2 Å².